The molecular formula is C18H25N6O2+. The molecule has 2 aliphatic heterocycles. The summed E-state index contributed by atoms with van der Waals surface area (Å²) >= 11 is 0. The Morgan fingerprint density at radius 2 is 2.12 bits per heavy atom. The van der Waals surface area contributed by atoms with Crippen LogP contribution in [0.25, 0.3) is 0 Å². The van der Waals surface area contributed by atoms with Gasteiger partial charge in [-0.15, -0.1) is 4.68 Å². The first-order valence-electron chi connectivity index (χ1n) is 8.74. The lowest BCUT2D eigenvalue weighted by molar-refractivity contribution is -0.560. The van der Waals surface area contributed by atoms with Gasteiger partial charge >= 0.3 is 5.84 Å². The Bertz CT molecular complexity index is 791. The molecule has 0 unspecified atom stereocenters. The highest BCUT2D eigenvalue weighted by Gasteiger charge is 2.24. The lowest BCUT2D eigenvalue weighted by atomic mass is 10.2. The Balaban J connectivity index is 1.95. The molecule has 0 aromatic heterocycles. The molecule has 3 rings (SSSR count). The molecule has 1 fully saturated rings. The number of hydrogen-bond donors (Lipinski definition) is 2. The van der Waals surface area contributed by atoms with E-state index < -0.39 is 0 Å². The predicted molar refractivity (Wildman–Crippen MR) is 104 cm³/mol. The Labute approximate surface area is 153 Å². The second-order valence-corrected chi connectivity index (χ2v) is 6.55. The average Bonchev–Trinajstić information content (AvgIpc) is 2.97. The van der Waals surface area contributed by atoms with Crippen LogP contribution >= 0.6 is 0 Å². The number of hydrazone groups is 1. The van der Waals surface area contributed by atoms with E-state index in [4.69, 9.17) is 10.5 Å². The van der Waals surface area contributed by atoms with Crippen molar-refractivity contribution >= 4 is 40.7 Å². The first kappa shape index (κ1) is 18.1. The molecule has 0 aliphatic carbocycles. The van der Waals surface area contributed by atoms with Crippen molar-refractivity contribution in [3.8, 4) is 0 Å². The topological polar surface area (TPSA) is 95.3 Å². The maximum Gasteiger partial charge on any atom is 0.321 e. The van der Waals surface area contributed by atoms with Gasteiger partial charge in [0.15, 0.2) is 5.71 Å². The molecule has 2 heterocycles. The van der Waals surface area contributed by atoms with Gasteiger partial charge in [-0.25, -0.2) is 4.99 Å². The number of benzene rings is 1. The molecule has 3 N–H and O–H groups in total. The number of carbonyl (C=O) groups is 1. The van der Waals surface area contributed by atoms with E-state index in [0.717, 1.165) is 18.8 Å². The van der Waals surface area contributed by atoms with Crippen molar-refractivity contribution in [2.45, 2.75) is 26.8 Å². The summed E-state index contributed by atoms with van der Waals surface area (Å²) in [6, 6.07) is 5.98. The van der Waals surface area contributed by atoms with E-state index in [-0.39, 0.29) is 11.9 Å². The van der Waals surface area contributed by atoms with Crippen molar-refractivity contribution in [2.24, 2.45) is 15.8 Å². The number of rotatable bonds is 4. The van der Waals surface area contributed by atoms with E-state index in [2.05, 4.69) is 20.3 Å². The molecule has 1 saturated heterocycles. The standard InChI is InChI=1S/C18H24N6O2/c1-12(2)24-18(19)17(11-20-24)22-15-5-4-14(10-16(15)21-13(3)25)23-6-8-26-9-7-23/h4-5,10-12H,6-9H2,1-3H3,(H2,19,20,21,25)/p+1. The average molecular weight is 357 g/mol. The third-order valence-electron chi connectivity index (χ3n) is 4.21. The van der Waals surface area contributed by atoms with Gasteiger partial charge in [0, 0.05) is 25.7 Å². The summed E-state index contributed by atoms with van der Waals surface area (Å²) in [5.74, 6) is 0.359. The van der Waals surface area contributed by atoms with E-state index in [9.17, 15) is 4.79 Å². The van der Waals surface area contributed by atoms with Gasteiger partial charge in [0.05, 0.1) is 24.6 Å². The number of morpholine rings is 1. The third kappa shape index (κ3) is 3.91. The predicted octanol–water partition coefficient (Wildman–Crippen LogP) is 1.33. The van der Waals surface area contributed by atoms with Crippen LogP contribution in [0.2, 0.25) is 0 Å². The number of nitrogens with two attached hydrogens (primary N) is 1. The largest absolute Gasteiger partial charge is 0.378 e. The number of hydrogen-bond acceptors (Lipinski definition) is 6. The number of nitrogens with zero attached hydrogens (tertiary/aromatic N) is 4. The van der Waals surface area contributed by atoms with Crippen molar-refractivity contribution in [1.29, 1.82) is 0 Å². The van der Waals surface area contributed by atoms with Crippen LogP contribution in [0.4, 0.5) is 17.1 Å². The molecule has 0 saturated carbocycles. The van der Waals surface area contributed by atoms with Gasteiger partial charge in [0.1, 0.15) is 12.3 Å². The van der Waals surface area contributed by atoms with Gasteiger partial charge in [-0.2, -0.15) is 0 Å². The van der Waals surface area contributed by atoms with Crippen LogP contribution in [-0.4, -0.2) is 60.7 Å². The van der Waals surface area contributed by atoms with Crippen LogP contribution in [0.5, 0.6) is 0 Å². The molecule has 138 valence electrons. The summed E-state index contributed by atoms with van der Waals surface area (Å²) in [4.78, 5) is 18.5. The van der Waals surface area contributed by atoms with Crippen molar-refractivity contribution in [3.63, 3.8) is 0 Å². The van der Waals surface area contributed by atoms with Crippen LogP contribution < -0.4 is 16.0 Å². The van der Waals surface area contributed by atoms with Crippen molar-refractivity contribution in [3.05, 3.63) is 18.2 Å². The zero-order valence-corrected chi connectivity index (χ0v) is 15.4. The molecule has 1 aromatic carbocycles. The van der Waals surface area contributed by atoms with E-state index in [1.807, 2.05) is 32.0 Å². The SMILES string of the molecule is CC(=O)Nc1cc(N2CCOCC2)ccc1N=C1C=N[N+](C(C)C)=C1N. The molecule has 2 aliphatic rings. The molecule has 1 amide bonds. The van der Waals surface area contributed by atoms with Gasteiger partial charge in [-0.3, -0.25) is 10.5 Å². The van der Waals surface area contributed by atoms with Crippen LogP contribution in [0.1, 0.15) is 20.8 Å². The quantitative estimate of drug-likeness (QED) is 0.795. The lowest BCUT2D eigenvalue weighted by Crippen LogP contribution is -2.36. The number of amides is 1. The summed E-state index contributed by atoms with van der Waals surface area (Å²) in [6.07, 6.45) is 1.64. The van der Waals surface area contributed by atoms with Crippen molar-refractivity contribution in [2.75, 3.05) is 36.5 Å². The molecule has 1 aromatic rings. The highest BCUT2D eigenvalue weighted by atomic mass is 16.5. The minimum Gasteiger partial charge on any atom is -0.378 e. The number of nitrogens with one attached hydrogen (secondary N) is 1. The van der Waals surface area contributed by atoms with Gasteiger partial charge in [0.25, 0.3) is 0 Å². The Kier molecular flexibility index (Phi) is 5.32. The number of anilines is 2. The Morgan fingerprint density at radius 1 is 1.38 bits per heavy atom. The second-order valence-electron chi connectivity index (χ2n) is 6.55. The normalized spacial score (nSPS) is 18.9. The van der Waals surface area contributed by atoms with Crippen molar-refractivity contribution < 1.29 is 14.2 Å². The fourth-order valence-corrected chi connectivity index (χ4v) is 2.92. The maximum atomic E-state index is 11.6. The second kappa shape index (κ2) is 7.65. The molecule has 0 spiro atoms. The fourth-order valence-electron chi connectivity index (χ4n) is 2.92. The van der Waals surface area contributed by atoms with Crippen LogP contribution in [0, 0.1) is 0 Å². The summed E-state index contributed by atoms with van der Waals surface area (Å²) in [5.41, 5.74) is 9.06. The number of carbonyl (C=O) groups excluding carboxylic acids is 1. The van der Waals surface area contributed by atoms with Crippen molar-refractivity contribution in [1.82, 2.24) is 0 Å². The molecule has 8 heteroatoms. The van der Waals surface area contributed by atoms with Gasteiger partial charge in [-0.1, -0.05) is 5.10 Å². The van der Waals surface area contributed by atoms with Gasteiger partial charge in [-0.05, 0) is 32.0 Å². The summed E-state index contributed by atoms with van der Waals surface area (Å²) in [7, 11) is 0. The van der Waals surface area contributed by atoms with E-state index in [0.29, 0.717) is 36.1 Å². The molecule has 0 bridgehead atoms. The lowest BCUT2D eigenvalue weighted by Gasteiger charge is -2.29. The number of ether oxygens (including phenoxy) is 1. The van der Waals surface area contributed by atoms with Crippen LogP contribution in [0.3, 0.4) is 0 Å². The van der Waals surface area contributed by atoms with Gasteiger partial charge in [0.2, 0.25) is 5.91 Å². The monoisotopic (exact) mass is 357 g/mol. The Morgan fingerprint density at radius 3 is 2.73 bits per heavy atom. The summed E-state index contributed by atoms with van der Waals surface area (Å²) in [6.45, 7) is 8.55. The first-order chi connectivity index (χ1) is 12.5. The highest BCUT2D eigenvalue weighted by Crippen LogP contribution is 2.31. The summed E-state index contributed by atoms with van der Waals surface area (Å²) < 4.78 is 7.12. The highest BCUT2D eigenvalue weighted by molar-refractivity contribution is 6.62. The molecular weight excluding hydrogens is 332 g/mol. The minimum atomic E-state index is -0.147. The zero-order chi connectivity index (χ0) is 18.7. The molecule has 0 atom stereocenters. The molecule has 8 nitrogen and oxygen atoms in total. The maximum absolute atomic E-state index is 11.6. The van der Waals surface area contributed by atoms with E-state index >= 15 is 0 Å². The van der Waals surface area contributed by atoms with E-state index in [1.54, 1.807) is 10.9 Å². The summed E-state index contributed by atoms with van der Waals surface area (Å²) in [5, 5.41) is 7.14. The number of amidine groups is 1. The van der Waals surface area contributed by atoms with E-state index in [1.165, 1.54) is 6.92 Å². The van der Waals surface area contributed by atoms with Gasteiger partial charge < -0.3 is 15.0 Å². The minimum absolute atomic E-state index is 0.147. The smallest absolute Gasteiger partial charge is 0.321 e. The number of aliphatic imine (C=N–C) groups is 1. The molecule has 26 heavy (non-hydrogen) atoms. The zero-order valence-electron chi connectivity index (χ0n) is 15.4. The molecule has 0 radical (unpaired) electrons. The van der Waals surface area contributed by atoms with Crippen LogP contribution in [-0.2, 0) is 9.53 Å². The Hall–Kier alpha value is -2.74. The van der Waals surface area contributed by atoms with Crippen LogP contribution in [0.15, 0.2) is 28.3 Å². The first-order valence-corrected chi connectivity index (χ1v) is 8.74. The third-order valence-corrected chi connectivity index (χ3v) is 4.21. The fraction of sp³-hybridized carbons (Fsp3) is 0.444.